The number of hydrogen-bond acceptors (Lipinski definition) is 4. The summed E-state index contributed by atoms with van der Waals surface area (Å²) in [6.45, 7) is 0.488. The second-order valence-electron chi connectivity index (χ2n) is 6.04. The minimum Gasteiger partial charge on any atom is -0.491 e. The summed E-state index contributed by atoms with van der Waals surface area (Å²) in [5.74, 6) is 0.826. The monoisotopic (exact) mass is 334 g/mol. The first-order valence-electron chi connectivity index (χ1n) is 8.26. The number of carbonyl (C=O) groups excluding carboxylic acids is 1. The molecule has 1 atom stereocenters. The Morgan fingerprint density at radius 3 is 2.64 bits per heavy atom. The molecule has 6 nitrogen and oxygen atoms in total. The van der Waals surface area contributed by atoms with E-state index in [-0.39, 0.29) is 11.9 Å². The third-order valence-electron chi connectivity index (χ3n) is 4.36. The number of aromatic nitrogens is 3. The molecule has 1 aliphatic heterocycles. The molecule has 0 aliphatic carbocycles. The fourth-order valence-corrected chi connectivity index (χ4v) is 2.96. The molecule has 25 heavy (non-hydrogen) atoms. The number of hydrogen-bond donors (Lipinski definition) is 1. The molecule has 126 valence electrons. The van der Waals surface area contributed by atoms with E-state index in [0.29, 0.717) is 12.2 Å². The van der Waals surface area contributed by atoms with E-state index in [4.69, 9.17) is 4.74 Å². The summed E-state index contributed by atoms with van der Waals surface area (Å²) in [6.07, 6.45) is 5.00. The van der Waals surface area contributed by atoms with Gasteiger partial charge in [0.05, 0.1) is 6.04 Å². The summed E-state index contributed by atoms with van der Waals surface area (Å²) in [5, 5.41) is 10.6. The maximum atomic E-state index is 12.5. The Bertz CT molecular complexity index is 832. The molecular weight excluding hydrogens is 316 g/mol. The van der Waals surface area contributed by atoms with Crippen molar-refractivity contribution in [3.05, 3.63) is 72.3 Å². The van der Waals surface area contributed by atoms with Crippen molar-refractivity contribution in [2.45, 2.75) is 18.9 Å². The molecular formula is C19H18N4O2. The van der Waals surface area contributed by atoms with Crippen molar-refractivity contribution in [3.8, 4) is 11.4 Å². The lowest BCUT2D eigenvalue weighted by atomic mass is 10.1. The fraction of sp³-hybridized carbons (Fsp3) is 0.211. The van der Waals surface area contributed by atoms with Gasteiger partial charge in [0.15, 0.2) is 0 Å². The number of nitrogens with zero attached hydrogens (tertiary/aromatic N) is 3. The third-order valence-corrected chi connectivity index (χ3v) is 4.36. The average molecular weight is 334 g/mol. The van der Waals surface area contributed by atoms with Crippen LogP contribution in [-0.2, 0) is 6.42 Å². The lowest BCUT2D eigenvalue weighted by Crippen LogP contribution is -2.38. The van der Waals surface area contributed by atoms with Crippen LogP contribution < -0.4 is 10.1 Å². The Labute approximate surface area is 145 Å². The predicted molar refractivity (Wildman–Crippen MR) is 92.9 cm³/mol. The Hall–Kier alpha value is -3.15. The van der Waals surface area contributed by atoms with Gasteiger partial charge in [0.2, 0.25) is 0 Å². The van der Waals surface area contributed by atoms with E-state index in [1.807, 2.05) is 30.3 Å². The highest BCUT2D eigenvalue weighted by Crippen LogP contribution is 2.23. The number of aryl methyl sites for hydroxylation is 1. The summed E-state index contributed by atoms with van der Waals surface area (Å²) >= 11 is 0. The minimum atomic E-state index is -0.0881. The quantitative estimate of drug-likeness (QED) is 0.798. The van der Waals surface area contributed by atoms with Crippen molar-refractivity contribution in [2.24, 2.45) is 0 Å². The van der Waals surface area contributed by atoms with Crippen LogP contribution in [0.1, 0.15) is 22.3 Å². The topological polar surface area (TPSA) is 69.0 Å². The number of rotatable bonds is 3. The van der Waals surface area contributed by atoms with Gasteiger partial charge in [-0.15, -0.1) is 10.2 Å². The van der Waals surface area contributed by atoms with Crippen molar-refractivity contribution in [1.82, 2.24) is 20.1 Å². The van der Waals surface area contributed by atoms with Crippen molar-refractivity contribution in [1.29, 1.82) is 0 Å². The molecule has 1 N–H and O–H groups in total. The van der Waals surface area contributed by atoms with Gasteiger partial charge in [-0.05, 0) is 48.7 Å². The molecule has 2 heterocycles. The predicted octanol–water partition coefficient (Wildman–Crippen LogP) is 2.39. The molecule has 1 amide bonds. The van der Waals surface area contributed by atoms with Crippen LogP contribution in [0.4, 0.5) is 0 Å². The van der Waals surface area contributed by atoms with Crippen LogP contribution in [0.25, 0.3) is 5.69 Å². The molecule has 1 aliphatic rings. The van der Waals surface area contributed by atoms with Gasteiger partial charge >= 0.3 is 0 Å². The molecule has 1 unspecified atom stereocenters. The standard InChI is InChI=1S/C19H18N4O2/c24-19(15-6-9-17(10-7-15)23-12-20-21-13-23)22-16-8-5-14-3-1-2-4-18(14)25-11-16/h1-4,6-7,9-10,12-13,16H,5,8,11H2,(H,22,24). The lowest BCUT2D eigenvalue weighted by molar-refractivity contribution is 0.0921. The molecule has 3 aromatic rings. The Morgan fingerprint density at radius 2 is 1.84 bits per heavy atom. The van der Waals surface area contributed by atoms with E-state index >= 15 is 0 Å². The largest absolute Gasteiger partial charge is 0.491 e. The van der Waals surface area contributed by atoms with E-state index < -0.39 is 0 Å². The molecule has 0 saturated heterocycles. The van der Waals surface area contributed by atoms with Gasteiger partial charge in [-0.3, -0.25) is 9.36 Å². The van der Waals surface area contributed by atoms with Crippen LogP contribution in [-0.4, -0.2) is 33.3 Å². The van der Waals surface area contributed by atoms with Crippen LogP contribution >= 0.6 is 0 Å². The van der Waals surface area contributed by atoms with Gasteiger partial charge < -0.3 is 10.1 Å². The Morgan fingerprint density at radius 1 is 1.08 bits per heavy atom. The van der Waals surface area contributed by atoms with Crippen LogP contribution in [0.5, 0.6) is 5.75 Å². The molecule has 1 aromatic heterocycles. The van der Waals surface area contributed by atoms with Gasteiger partial charge in [0.25, 0.3) is 5.91 Å². The summed E-state index contributed by atoms with van der Waals surface area (Å²) in [7, 11) is 0. The van der Waals surface area contributed by atoms with E-state index in [1.54, 1.807) is 29.4 Å². The van der Waals surface area contributed by atoms with Gasteiger partial charge in [0.1, 0.15) is 25.0 Å². The van der Waals surface area contributed by atoms with E-state index in [2.05, 4.69) is 21.6 Å². The summed E-state index contributed by atoms with van der Waals surface area (Å²) in [4.78, 5) is 12.5. The normalized spacial score (nSPS) is 16.4. The minimum absolute atomic E-state index is 0.00238. The fourth-order valence-electron chi connectivity index (χ4n) is 2.96. The molecule has 0 fully saturated rings. The van der Waals surface area contributed by atoms with Gasteiger partial charge in [-0.25, -0.2) is 0 Å². The SMILES string of the molecule is O=C(NC1CCc2ccccc2OC1)c1ccc(-n2cnnc2)cc1. The van der Waals surface area contributed by atoms with E-state index in [0.717, 1.165) is 24.3 Å². The Kier molecular flexibility index (Phi) is 4.16. The number of ether oxygens (including phenoxy) is 1. The molecule has 2 aromatic carbocycles. The van der Waals surface area contributed by atoms with Gasteiger partial charge in [0, 0.05) is 11.3 Å². The maximum Gasteiger partial charge on any atom is 0.251 e. The molecule has 0 saturated carbocycles. The van der Waals surface area contributed by atoms with Crippen LogP contribution in [0, 0.1) is 0 Å². The first-order valence-corrected chi connectivity index (χ1v) is 8.26. The third kappa shape index (κ3) is 3.38. The Balaban J connectivity index is 1.40. The maximum absolute atomic E-state index is 12.5. The number of nitrogens with one attached hydrogen (secondary N) is 1. The lowest BCUT2D eigenvalue weighted by Gasteiger charge is -2.16. The second-order valence-corrected chi connectivity index (χ2v) is 6.04. The molecule has 6 heteroatoms. The van der Waals surface area contributed by atoms with Crippen molar-refractivity contribution in [3.63, 3.8) is 0 Å². The zero-order valence-electron chi connectivity index (χ0n) is 13.6. The van der Waals surface area contributed by atoms with Gasteiger partial charge in [-0.1, -0.05) is 18.2 Å². The van der Waals surface area contributed by atoms with Crippen molar-refractivity contribution < 1.29 is 9.53 Å². The number of amides is 1. The molecule has 0 bridgehead atoms. The highest BCUT2D eigenvalue weighted by atomic mass is 16.5. The first kappa shape index (κ1) is 15.4. The number of carbonyl (C=O) groups is 1. The van der Waals surface area contributed by atoms with E-state index in [1.165, 1.54) is 5.56 Å². The number of para-hydroxylation sites is 1. The summed E-state index contributed by atoms with van der Waals surface area (Å²) in [5.41, 5.74) is 2.73. The first-order chi connectivity index (χ1) is 12.3. The van der Waals surface area contributed by atoms with Crippen LogP contribution in [0.2, 0.25) is 0 Å². The summed E-state index contributed by atoms with van der Waals surface area (Å²) < 4.78 is 7.62. The second kappa shape index (κ2) is 6.76. The van der Waals surface area contributed by atoms with Crippen LogP contribution in [0.3, 0.4) is 0 Å². The number of benzene rings is 2. The van der Waals surface area contributed by atoms with E-state index in [9.17, 15) is 4.79 Å². The van der Waals surface area contributed by atoms with Crippen molar-refractivity contribution >= 4 is 5.91 Å². The zero-order chi connectivity index (χ0) is 17.1. The highest BCUT2D eigenvalue weighted by Gasteiger charge is 2.19. The highest BCUT2D eigenvalue weighted by molar-refractivity contribution is 5.94. The number of fused-ring (bicyclic) bond motifs is 1. The van der Waals surface area contributed by atoms with Crippen LogP contribution in [0.15, 0.2) is 61.2 Å². The molecule has 0 spiro atoms. The molecule has 4 rings (SSSR count). The summed E-state index contributed by atoms with van der Waals surface area (Å²) in [6, 6.07) is 15.4. The molecule has 0 radical (unpaired) electrons. The van der Waals surface area contributed by atoms with Crippen molar-refractivity contribution in [2.75, 3.05) is 6.61 Å². The smallest absolute Gasteiger partial charge is 0.251 e. The zero-order valence-corrected chi connectivity index (χ0v) is 13.6. The van der Waals surface area contributed by atoms with Gasteiger partial charge in [-0.2, -0.15) is 0 Å². The average Bonchev–Trinajstić information content (AvgIpc) is 3.12.